The maximum atomic E-state index is 11.6. The zero-order valence-corrected chi connectivity index (χ0v) is 11.7. The van der Waals surface area contributed by atoms with Gasteiger partial charge in [-0.2, -0.15) is 0 Å². The van der Waals surface area contributed by atoms with Gasteiger partial charge >= 0.3 is 6.03 Å². The third kappa shape index (κ3) is 2.31. The SMILES string of the molecule is Cc1cc(C=C2NC(=O)NC2=O)c(C)n1-c1ccc[nH+]c1. The van der Waals surface area contributed by atoms with Gasteiger partial charge in [-0.05, 0) is 37.6 Å². The average Bonchev–Trinajstić information content (AvgIpc) is 2.91. The van der Waals surface area contributed by atoms with Crippen molar-refractivity contribution in [1.82, 2.24) is 15.2 Å². The van der Waals surface area contributed by atoms with Crippen LogP contribution in [-0.2, 0) is 4.79 Å². The Labute approximate surface area is 121 Å². The number of hydrogen-bond donors (Lipinski definition) is 2. The number of pyridine rings is 1. The molecule has 1 saturated heterocycles. The lowest BCUT2D eigenvalue weighted by Crippen LogP contribution is -2.22. The summed E-state index contributed by atoms with van der Waals surface area (Å²) < 4.78 is 2.08. The Morgan fingerprint density at radius 2 is 2.05 bits per heavy atom. The van der Waals surface area contributed by atoms with Crippen LogP contribution in [0, 0.1) is 13.8 Å². The number of aryl methyl sites for hydroxylation is 1. The summed E-state index contributed by atoms with van der Waals surface area (Å²) in [5.74, 6) is -0.405. The number of carbonyl (C=O) groups excluding carboxylic acids is 2. The molecule has 106 valence electrons. The fourth-order valence-electron chi connectivity index (χ4n) is 2.49. The number of amides is 3. The van der Waals surface area contributed by atoms with E-state index in [2.05, 4.69) is 20.2 Å². The molecule has 3 amide bonds. The van der Waals surface area contributed by atoms with Gasteiger partial charge in [-0.1, -0.05) is 0 Å². The average molecular weight is 283 g/mol. The molecule has 0 spiro atoms. The highest BCUT2D eigenvalue weighted by Crippen LogP contribution is 2.22. The van der Waals surface area contributed by atoms with Crippen LogP contribution in [0.2, 0.25) is 0 Å². The first-order valence-electron chi connectivity index (χ1n) is 6.56. The predicted octanol–water partition coefficient (Wildman–Crippen LogP) is 1.09. The molecular formula is C15H15N4O2+. The fraction of sp³-hybridized carbons (Fsp3) is 0.133. The minimum absolute atomic E-state index is 0.264. The van der Waals surface area contributed by atoms with Crippen molar-refractivity contribution < 1.29 is 14.6 Å². The van der Waals surface area contributed by atoms with Gasteiger partial charge in [0.2, 0.25) is 0 Å². The predicted molar refractivity (Wildman–Crippen MR) is 76.5 cm³/mol. The number of urea groups is 1. The number of hydrogen-bond acceptors (Lipinski definition) is 2. The Morgan fingerprint density at radius 3 is 2.67 bits per heavy atom. The second kappa shape index (κ2) is 4.90. The Bertz CT molecular complexity index is 759. The minimum Gasteiger partial charge on any atom is -0.313 e. The Hall–Kier alpha value is -2.89. The number of imide groups is 1. The van der Waals surface area contributed by atoms with Crippen molar-refractivity contribution in [3.63, 3.8) is 0 Å². The van der Waals surface area contributed by atoms with Crippen molar-refractivity contribution >= 4 is 18.0 Å². The van der Waals surface area contributed by atoms with Crippen LogP contribution in [0.15, 0.2) is 36.3 Å². The summed E-state index contributed by atoms with van der Waals surface area (Å²) in [6, 6.07) is 5.42. The molecule has 6 heteroatoms. The largest absolute Gasteiger partial charge is 0.326 e. The maximum Gasteiger partial charge on any atom is 0.326 e. The molecule has 0 unspecified atom stereocenters. The summed E-state index contributed by atoms with van der Waals surface area (Å²) in [6.45, 7) is 3.97. The normalized spacial score (nSPS) is 16.2. The third-order valence-electron chi connectivity index (χ3n) is 3.44. The van der Waals surface area contributed by atoms with Gasteiger partial charge in [0, 0.05) is 17.5 Å². The summed E-state index contributed by atoms with van der Waals surface area (Å²) >= 11 is 0. The number of rotatable bonds is 2. The van der Waals surface area contributed by atoms with Gasteiger partial charge in [-0.25, -0.2) is 9.78 Å². The number of aromatic amines is 1. The van der Waals surface area contributed by atoms with E-state index in [0.717, 1.165) is 22.6 Å². The van der Waals surface area contributed by atoms with E-state index in [-0.39, 0.29) is 5.70 Å². The standard InChI is InChI=1S/C15H14N4O2/c1-9-6-11(7-13-14(20)18-15(21)17-13)10(2)19(9)12-4-3-5-16-8-12/h3-8H,1-2H3,(H2,17,18,20,21)/p+1. The number of nitrogens with zero attached hydrogens (tertiary/aromatic N) is 1. The molecule has 6 nitrogen and oxygen atoms in total. The zero-order valence-electron chi connectivity index (χ0n) is 11.7. The maximum absolute atomic E-state index is 11.6. The quantitative estimate of drug-likeness (QED) is 0.639. The molecule has 2 aromatic rings. The van der Waals surface area contributed by atoms with Crippen molar-refractivity contribution in [2.75, 3.05) is 0 Å². The van der Waals surface area contributed by atoms with Crippen LogP contribution in [0.3, 0.4) is 0 Å². The van der Waals surface area contributed by atoms with Crippen LogP contribution in [0.1, 0.15) is 17.0 Å². The molecule has 1 aliphatic heterocycles. The highest BCUT2D eigenvalue weighted by atomic mass is 16.2. The summed E-state index contributed by atoms with van der Waals surface area (Å²) in [6.07, 6.45) is 5.44. The number of H-pyrrole nitrogens is 1. The van der Waals surface area contributed by atoms with E-state index >= 15 is 0 Å². The van der Waals surface area contributed by atoms with Crippen molar-refractivity contribution in [3.8, 4) is 5.69 Å². The van der Waals surface area contributed by atoms with E-state index in [9.17, 15) is 9.59 Å². The van der Waals surface area contributed by atoms with E-state index in [1.807, 2.05) is 44.4 Å². The smallest absolute Gasteiger partial charge is 0.313 e. The summed E-state index contributed by atoms with van der Waals surface area (Å²) in [5.41, 5.74) is 4.21. The van der Waals surface area contributed by atoms with Gasteiger partial charge in [0.05, 0.1) is 0 Å². The Balaban J connectivity index is 2.05. The van der Waals surface area contributed by atoms with Gasteiger partial charge in [0.25, 0.3) is 5.91 Å². The molecule has 0 bridgehead atoms. The van der Waals surface area contributed by atoms with Crippen molar-refractivity contribution in [3.05, 3.63) is 53.2 Å². The highest BCUT2D eigenvalue weighted by Gasteiger charge is 2.23. The molecule has 3 rings (SSSR count). The summed E-state index contributed by atoms with van der Waals surface area (Å²) in [5, 5.41) is 4.68. The van der Waals surface area contributed by atoms with Crippen molar-refractivity contribution in [1.29, 1.82) is 0 Å². The van der Waals surface area contributed by atoms with Gasteiger partial charge < -0.3 is 9.88 Å². The first-order chi connectivity index (χ1) is 10.1. The lowest BCUT2D eigenvalue weighted by Gasteiger charge is -2.06. The van der Waals surface area contributed by atoms with E-state index in [1.165, 1.54) is 0 Å². The number of carbonyl (C=O) groups is 2. The topological polar surface area (TPSA) is 77.3 Å². The van der Waals surface area contributed by atoms with Crippen LogP contribution >= 0.6 is 0 Å². The highest BCUT2D eigenvalue weighted by molar-refractivity contribution is 6.14. The lowest BCUT2D eigenvalue weighted by atomic mass is 10.2. The third-order valence-corrected chi connectivity index (χ3v) is 3.44. The molecule has 1 fully saturated rings. The molecule has 21 heavy (non-hydrogen) atoms. The first kappa shape index (κ1) is 13.1. The molecular weight excluding hydrogens is 268 g/mol. The zero-order chi connectivity index (χ0) is 15.0. The molecule has 2 aromatic heterocycles. The van der Waals surface area contributed by atoms with Crippen LogP contribution in [-0.4, -0.2) is 16.5 Å². The minimum atomic E-state index is -0.488. The fourth-order valence-corrected chi connectivity index (χ4v) is 2.49. The van der Waals surface area contributed by atoms with Crippen LogP contribution in [0.25, 0.3) is 11.8 Å². The van der Waals surface area contributed by atoms with Crippen LogP contribution < -0.4 is 15.6 Å². The van der Waals surface area contributed by atoms with Crippen molar-refractivity contribution in [2.45, 2.75) is 13.8 Å². The van der Waals surface area contributed by atoms with Gasteiger partial charge in [-0.15, -0.1) is 0 Å². The van der Waals surface area contributed by atoms with E-state index in [1.54, 1.807) is 6.08 Å². The molecule has 1 aliphatic rings. The number of aromatic nitrogens is 2. The molecule has 0 atom stereocenters. The second-order valence-corrected chi connectivity index (χ2v) is 4.89. The van der Waals surface area contributed by atoms with E-state index in [4.69, 9.17) is 0 Å². The van der Waals surface area contributed by atoms with Crippen LogP contribution in [0.5, 0.6) is 0 Å². The first-order valence-corrected chi connectivity index (χ1v) is 6.56. The van der Waals surface area contributed by atoms with E-state index < -0.39 is 11.9 Å². The van der Waals surface area contributed by atoms with Gasteiger partial charge in [0.15, 0.2) is 12.4 Å². The number of nitrogens with one attached hydrogen (secondary N) is 3. The molecule has 0 saturated carbocycles. The molecule has 0 aromatic carbocycles. The van der Waals surface area contributed by atoms with Gasteiger partial charge in [-0.3, -0.25) is 10.1 Å². The monoisotopic (exact) mass is 283 g/mol. The molecule has 0 radical (unpaired) electrons. The van der Waals surface area contributed by atoms with E-state index in [0.29, 0.717) is 0 Å². The summed E-state index contributed by atoms with van der Waals surface area (Å²) in [7, 11) is 0. The Morgan fingerprint density at radius 1 is 1.24 bits per heavy atom. The molecule has 3 heterocycles. The van der Waals surface area contributed by atoms with Gasteiger partial charge in [0.1, 0.15) is 11.4 Å². The molecule has 3 N–H and O–H groups in total. The molecule has 0 aliphatic carbocycles. The summed E-state index contributed by atoms with van der Waals surface area (Å²) in [4.78, 5) is 25.8. The van der Waals surface area contributed by atoms with Crippen LogP contribution in [0.4, 0.5) is 4.79 Å². The Kier molecular flexibility index (Phi) is 3.06. The second-order valence-electron chi connectivity index (χ2n) is 4.89. The van der Waals surface area contributed by atoms with Crippen molar-refractivity contribution in [2.24, 2.45) is 0 Å². The lowest BCUT2D eigenvalue weighted by molar-refractivity contribution is -0.377.